The largest absolute Gasteiger partial charge is 0.466 e. The molecule has 0 aliphatic carbocycles. The summed E-state index contributed by atoms with van der Waals surface area (Å²) in [6.45, 7) is 4.60. The smallest absolute Gasteiger partial charge is 0.305 e. The van der Waals surface area contributed by atoms with Crippen LogP contribution < -0.4 is 0 Å². The van der Waals surface area contributed by atoms with Gasteiger partial charge in [0.15, 0.2) is 0 Å². The van der Waals surface area contributed by atoms with Crippen LogP contribution in [-0.2, 0) is 9.53 Å². The zero-order valence-corrected chi connectivity index (χ0v) is 13.0. The van der Waals surface area contributed by atoms with Gasteiger partial charge in [-0.2, -0.15) is 0 Å². The van der Waals surface area contributed by atoms with Crippen molar-refractivity contribution in [3.05, 3.63) is 12.2 Å². The van der Waals surface area contributed by atoms with Crippen LogP contribution in [0.3, 0.4) is 0 Å². The zero-order chi connectivity index (χ0) is 14.2. The first kappa shape index (κ1) is 18.2. The number of rotatable bonds is 13. The van der Waals surface area contributed by atoms with E-state index < -0.39 is 0 Å². The van der Waals surface area contributed by atoms with Crippen molar-refractivity contribution in [3.63, 3.8) is 0 Å². The van der Waals surface area contributed by atoms with Gasteiger partial charge in [-0.25, -0.2) is 0 Å². The van der Waals surface area contributed by atoms with Crippen molar-refractivity contribution in [2.75, 3.05) is 6.61 Å². The summed E-state index contributed by atoms with van der Waals surface area (Å²) in [5.74, 6) is -0.0440. The third kappa shape index (κ3) is 15.2. The molecule has 2 nitrogen and oxygen atoms in total. The molecule has 0 bridgehead atoms. The lowest BCUT2D eigenvalue weighted by Crippen LogP contribution is -2.03. The highest BCUT2D eigenvalue weighted by Crippen LogP contribution is 2.08. The number of carbonyl (C=O) groups excluding carboxylic acids is 1. The predicted octanol–water partition coefficient (Wildman–Crippen LogP) is 5.42. The molecule has 0 aromatic carbocycles. The van der Waals surface area contributed by atoms with Crippen LogP contribution in [0, 0.1) is 0 Å². The van der Waals surface area contributed by atoms with Crippen LogP contribution in [0.4, 0.5) is 0 Å². The molecule has 0 saturated heterocycles. The molecular weight excluding hydrogens is 236 g/mol. The monoisotopic (exact) mass is 268 g/mol. The molecule has 0 fully saturated rings. The minimum Gasteiger partial charge on any atom is -0.466 e. The molecule has 2 heteroatoms. The number of unbranched alkanes of at least 4 members (excludes halogenated alkanes) is 8. The Morgan fingerprint density at radius 2 is 1.42 bits per heavy atom. The van der Waals surface area contributed by atoms with Gasteiger partial charge in [0, 0.05) is 6.42 Å². The van der Waals surface area contributed by atoms with Crippen LogP contribution in [0.1, 0.15) is 84.5 Å². The molecule has 112 valence electrons. The van der Waals surface area contributed by atoms with Crippen molar-refractivity contribution < 1.29 is 9.53 Å². The summed E-state index contributed by atoms with van der Waals surface area (Å²) < 4.78 is 4.89. The zero-order valence-electron chi connectivity index (χ0n) is 13.0. The fraction of sp³-hybridized carbons (Fsp3) is 0.824. The highest BCUT2D eigenvalue weighted by molar-refractivity contribution is 5.69. The van der Waals surface area contributed by atoms with E-state index in [1.165, 1.54) is 51.4 Å². The van der Waals surface area contributed by atoms with Gasteiger partial charge in [0.05, 0.1) is 6.61 Å². The molecule has 0 radical (unpaired) electrons. The molecule has 0 rings (SSSR count). The average molecular weight is 268 g/mol. The number of esters is 1. The molecule has 0 aromatic rings. The Hall–Kier alpha value is -0.790. The fourth-order valence-corrected chi connectivity index (χ4v) is 2.04. The molecule has 0 saturated carbocycles. The van der Waals surface area contributed by atoms with Gasteiger partial charge < -0.3 is 4.74 Å². The van der Waals surface area contributed by atoms with Crippen molar-refractivity contribution in [3.8, 4) is 0 Å². The van der Waals surface area contributed by atoms with Gasteiger partial charge in [0.2, 0.25) is 0 Å². The average Bonchev–Trinajstić information content (AvgIpc) is 2.40. The minimum atomic E-state index is -0.0440. The van der Waals surface area contributed by atoms with Crippen molar-refractivity contribution >= 4 is 5.97 Å². The highest BCUT2D eigenvalue weighted by atomic mass is 16.5. The summed E-state index contributed by atoms with van der Waals surface area (Å²) in [6, 6.07) is 0. The van der Waals surface area contributed by atoms with Crippen molar-refractivity contribution in [1.82, 2.24) is 0 Å². The van der Waals surface area contributed by atoms with Gasteiger partial charge in [-0.15, -0.1) is 0 Å². The molecule has 0 amide bonds. The Labute approximate surface area is 119 Å². The number of hydrogen-bond donors (Lipinski definition) is 0. The van der Waals surface area contributed by atoms with E-state index in [1.807, 2.05) is 6.92 Å². The number of ether oxygens (including phenoxy) is 1. The molecule has 0 heterocycles. The maximum atomic E-state index is 11.1. The third-order valence-corrected chi connectivity index (χ3v) is 3.20. The molecule has 0 unspecified atom stereocenters. The van der Waals surface area contributed by atoms with Crippen LogP contribution in [-0.4, -0.2) is 12.6 Å². The Bertz CT molecular complexity index is 221. The van der Waals surface area contributed by atoms with Gasteiger partial charge in [-0.3, -0.25) is 4.79 Å². The third-order valence-electron chi connectivity index (χ3n) is 3.20. The fourth-order valence-electron chi connectivity index (χ4n) is 2.04. The Balaban J connectivity index is 3.12. The number of hydrogen-bond acceptors (Lipinski definition) is 2. The van der Waals surface area contributed by atoms with Crippen LogP contribution >= 0.6 is 0 Å². The number of carbonyl (C=O) groups is 1. The van der Waals surface area contributed by atoms with Gasteiger partial charge in [0.1, 0.15) is 0 Å². The summed E-state index contributed by atoms with van der Waals surface area (Å²) in [5.41, 5.74) is 0. The van der Waals surface area contributed by atoms with Crippen LogP contribution in [0.5, 0.6) is 0 Å². The molecule has 0 spiro atoms. The molecule has 0 aromatic heterocycles. The van der Waals surface area contributed by atoms with Gasteiger partial charge in [-0.05, 0) is 39.0 Å². The lowest BCUT2D eigenvalue weighted by atomic mass is 10.1. The van der Waals surface area contributed by atoms with Crippen LogP contribution in [0.2, 0.25) is 0 Å². The standard InChI is InChI=1S/C17H32O2/c1-3-5-6-7-8-9-10-11-12-13-14-15-16-17(18)19-4-2/h8-9H,3-7,10-16H2,1-2H3. The van der Waals surface area contributed by atoms with Gasteiger partial charge in [-0.1, -0.05) is 51.2 Å². The summed E-state index contributed by atoms with van der Waals surface area (Å²) >= 11 is 0. The first-order valence-electron chi connectivity index (χ1n) is 8.11. The van der Waals surface area contributed by atoms with Crippen LogP contribution in [0.25, 0.3) is 0 Å². The normalized spacial score (nSPS) is 11.1. The maximum Gasteiger partial charge on any atom is 0.305 e. The van der Waals surface area contributed by atoms with Crippen molar-refractivity contribution in [1.29, 1.82) is 0 Å². The topological polar surface area (TPSA) is 26.3 Å². The van der Waals surface area contributed by atoms with Crippen molar-refractivity contribution in [2.24, 2.45) is 0 Å². The molecule has 0 atom stereocenters. The second-order valence-electron chi connectivity index (χ2n) is 5.08. The summed E-state index contributed by atoms with van der Waals surface area (Å²) in [5, 5.41) is 0. The molecule has 19 heavy (non-hydrogen) atoms. The predicted molar refractivity (Wildman–Crippen MR) is 82.2 cm³/mol. The van der Waals surface area contributed by atoms with E-state index in [9.17, 15) is 4.79 Å². The second-order valence-corrected chi connectivity index (χ2v) is 5.08. The lowest BCUT2D eigenvalue weighted by molar-refractivity contribution is -0.143. The molecule has 0 aliphatic rings. The van der Waals surface area contributed by atoms with E-state index in [0.29, 0.717) is 13.0 Å². The number of allylic oxidation sites excluding steroid dienone is 2. The minimum absolute atomic E-state index is 0.0440. The van der Waals surface area contributed by atoms with Gasteiger partial charge >= 0.3 is 5.97 Å². The van der Waals surface area contributed by atoms with Gasteiger partial charge in [0.25, 0.3) is 0 Å². The van der Waals surface area contributed by atoms with E-state index in [-0.39, 0.29) is 5.97 Å². The van der Waals surface area contributed by atoms with E-state index >= 15 is 0 Å². The summed E-state index contributed by atoms with van der Waals surface area (Å²) in [7, 11) is 0. The molecular formula is C17H32O2. The highest BCUT2D eigenvalue weighted by Gasteiger charge is 2.00. The first-order valence-corrected chi connectivity index (χ1v) is 8.11. The second kappa shape index (κ2) is 15.3. The van der Waals surface area contributed by atoms with Crippen molar-refractivity contribution in [2.45, 2.75) is 84.5 Å². The van der Waals surface area contributed by atoms with E-state index in [1.54, 1.807) is 0 Å². The quantitative estimate of drug-likeness (QED) is 0.253. The van der Waals surface area contributed by atoms with E-state index in [0.717, 1.165) is 12.8 Å². The lowest BCUT2D eigenvalue weighted by Gasteiger charge is -2.01. The Morgan fingerprint density at radius 1 is 0.842 bits per heavy atom. The van der Waals surface area contributed by atoms with Crippen LogP contribution in [0.15, 0.2) is 12.2 Å². The SMILES string of the molecule is CCCCCC=CCCCCCCCC(=O)OCC. The molecule has 0 N–H and O–H groups in total. The first-order chi connectivity index (χ1) is 9.31. The summed E-state index contributed by atoms with van der Waals surface area (Å²) in [6.07, 6.45) is 17.6. The molecule has 0 aliphatic heterocycles. The Morgan fingerprint density at radius 3 is 2.05 bits per heavy atom. The summed E-state index contributed by atoms with van der Waals surface area (Å²) in [4.78, 5) is 11.1. The van der Waals surface area contributed by atoms with E-state index in [2.05, 4.69) is 19.1 Å². The maximum absolute atomic E-state index is 11.1. The Kier molecular flexibility index (Phi) is 14.6. The van der Waals surface area contributed by atoms with E-state index in [4.69, 9.17) is 4.74 Å².